The SMILES string of the molecule is C=C(COC1CCCO1)C(C)C. The van der Waals surface area contributed by atoms with Gasteiger partial charge in [0.25, 0.3) is 0 Å². The molecule has 12 heavy (non-hydrogen) atoms. The van der Waals surface area contributed by atoms with E-state index in [0.717, 1.165) is 25.0 Å². The van der Waals surface area contributed by atoms with Crippen molar-refractivity contribution in [2.45, 2.75) is 33.0 Å². The van der Waals surface area contributed by atoms with Crippen molar-refractivity contribution >= 4 is 0 Å². The number of hydrogen-bond donors (Lipinski definition) is 0. The maximum Gasteiger partial charge on any atom is 0.158 e. The molecule has 0 radical (unpaired) electrons. The van der Waals surface area contributed by atoms with Crippen LogP contribution in [0.3, 0.4) is 0 Å². The summed E-state index contributed by atoms with van der Waals surface area (Å²) in [6, 6.07) is 0. The molecule has 70 valence electrons. The van der Waals surface area contributed by atoms with E-state index in [-0.39, 0.29) is 6.29 Å². The maximum atomic E-state index is 5.50. The monoisotopic (exact) mass is 170 g/mol. The summed E-state index contributed by atoms with van der Waals surface area (Å²) < 4.78 is 10.8. The number of rotatable bonds is 4. The van der Waals surface area contributed by atoms with Crippen molar-refractivity contribution in [3.63, 3.8) is 0 Å². The van der Waals surface area contributed by atoms with Crippen LogP contribution in [-0.2, 0) is 9.47 Å². The molecule has 0 saturated carbocycles. The van der Waals surface area contributed by atoms with Crippen molar-refractivity contribution in [1.82, 2.24) is 0 Å². The van der Waals surface area contributed by atoms with E-state index in [1.165, 1.54) is 0 Å². The highest BCUT2D eigenvalue weighted by Gasteiger charge is 2.15. The fraction of sp³-hybridized carbons (Fsp3) is 0.800. The van der Waals surface area contributed by atoms with Gasteiger partial charge in [-0.05, 0) is 17.9 Å². The molecule has 1 aliphatic heterocycles. The standard InChI is InChI=1S/C10H18O2/c1-8(2)9(3)7-12-10-5-4-6-11-10/h8,10H,3-7H2,1-2H3. The predicted molar refractivity (Wildman–Crippen MR) is 48.9 cm³/mol. The molecule has 0 N–H and O–H groups in total. The lowest BCUT2D eigenvalue weighted by Gasteiger charge is -2.14. The highest BCUT2D eigenvalue weighted by Crippen LogP contribution is 2.15. The summed E-state index contributed by atoms with van der Waals surface area (Å²) in [6.45, 7) is 9.67. The summed E-state index contributed by atoms with van der Waals surface area (Å²) in [5, 5.41) is 0. The molecule has 0 aromatic rings. The summed E-state index contributed by atoms with van der Waals surface area (Å²) >= 11 is 0. The number of ether oxygens (including phenoxy) is 2. The molecular formula is C10H18O2. The minimum atomic E-state index is 0.0282. The van der Waals surface area contributed by atoms with Gasteiger partial charge in [0.1, 0.15) is 0 Å². The van der Waals surface area contributed by atoms with Gasteiger partial charge in [-0.15, -0.1) is 0 Å². The van der Waals surface area contributed by atoms with Crippen LogP contribution in [-0.4, -0.2) is 19.5 Å². The zero-order valence-corrected chi connectivity index (χ0v) is 8.01. The molecule has 0 bridgehead atoms. The molecule has 1 aliphatic rings. The van der Waals surface area contributed by atoms with Crippen LogP contribution in [0.25, 0.3) is 0 Å². The van der Waals surface area contributed by atoms with Crippen LogP contribution in [0.15, 0.2) is 12.2 Å². The van der Waals surface area contributed by atoms with Crippen LogP contribution in [0.5, 0.6) is 0 Å². The molecule has 2 heteroatoms. The minimum absolute atomic E-state index is 0.0282. The average molecular weight is 170 g/mol. The molecule has 2 nitrogen and oxygen atoms in total. The lowest BCUT2D eigenvalue weighted by Crippen LogP contribution is -2.13. The topological polar surface area (TPSA) is 18.5 Å². The first kappa shape index (κ1) is 9.75. The maximum absolute atomic E-state index is 5.50. The Balaban J connectivity index is 2.12. The molecule has 1 rings (SSSR count). The summed E-state index contributed by atoms with van der Waals surface area (Å²) in [5.74, 6) is 0.506. The Morgan fingerprint density at radius 1 is 1.67 bits per heavy atom. The van der Waals surface area contributed by atoms with Crippen molar-refractivity contribution < 1.29 is 9.47 Å². The molecular weight excluding hydrogens is 152 g/mol. The molecule has 0 aromatic heterocycles. The quantitative estimate of drug-likeness (QED) is 0.603. The van der Waals surface area contributed by atoms with Gasteiger partial charge in [0.2, 0.25) is 0 Å². The lowest BCUT2D eigenvalue weighted by atomic mass is 10.1. The van der Waals surface area contributed by atoms with E-state index >= 15 is 0 Å². The summed E-state index contributed by atoms with van der Waals surface area (Å²) in [4.78, 5) is 0. The molecule has 1 unspecified atom stereocenters. The fourth-order valence-electron chi connectivity index (χ4n) is 1.05. The second kappa shape index (κ2) is 4.63. The van der Waals surface area contributed by atoms with Gasteiger partial charge < -0.3 is 9.47 Å². The van der Waals surface area contributed by atoms with Gasteiger partial charge >= 0.3 is 0 Å². The van der Waals surface area contributed by atoms with Crippen LogP contribution in [0.4, 0.5) is 0 Å². The largest absolute Gasteiger partial charge is 0.353 e. The minimum Gasteiger partial charge on any atom is -0.353 e. The molecule has 0 aromatic carbocycles. The van der Waals surface area contributed by atoms with E-state index < -0.39 is 0 Å². The van der Waals surface area contributed by atoms with E-state index in [2.05, 4.69) is 20.4 Å². The Hall–Kier alpha value is -0.340. The average Bonchev–Trinajstić information content (AvgIpc) is 2.51. The van der Waals surface area contributed by atoms with Gasteiger partial charge in [0.05, 0.1) is 6.61 Å². The molecule has 0 spiro atoms. The fourth-order valence-corrected chi connectivity index (χ4v) is 1.05. The van der Waals surface area contributed by atoms with Crippen LogP contribution < -0.4 is 0 Å². The van der Waals surface area contributed by atoms with Crippen LogP contribution in [0, 0.1) is 5.92 Å². The van der Waals surface area contributed by atoms with Gasteiger partial charge in [-0.25, -0.2) is 0 Å². The lowest BCUT2D eigenvalue weighted by molar-refractivity contribution is -0.104. The van der Waals surface area contributed by atoms with Crippen LogP contribution in [0.1, 0.15) is 26.7 Å². The normalized spacial score (nSPS) is 23.4. The van der Waals surface area contributed by atoms with Crippen molar-refractivity contribution in [2.24, 2.45) is 5.92 Å². The van der Waals surface area contributed by atoms with Gasteiger partial charge in [0, 0.05) is 13.0 Å². The van der Waals surface area contributed by atoms with E-state index in [1.54, 1.807) is 0 Å². The van der Waals surface area contributed by atoms with Gasteiger partial charge in [-0.2, -0.15) is 0 Å². The Kier molecular flexibility index (Phi) is 3.76. The zero-order valence-electron chi connectivity index (χ0n) is 8.01. The van der Waals surface area contributed by atoms with Crippen molar-refractivity contribution in [1.29, 1.82) is 0 Å². The first-order chi connectivity index (χ1) is 5.70. The molecule has 0 aliphatic carbocycles. The second-order valence-corrected chi connectivity index (χ2v) is 3.57. The summed E-state index contributed by atoms with van der Waals surface area (Å²) in [7, 11) is 0. The Morgan fingerprint density at radius 3 is 2.92 bits per heavy atom. The second-order valence-electron chi connectivity index (χ2n) is 3.57. The van der Waals surface area contributed by atoms with Gasteiger partial charge in [0.15, 0.2) is 6.29 Å². The molecule has 1 atom stereocenters. The van der Waals surface area contributed by atoms with E-state index in [4.69, 9.17) is 9.47 Å². The smallest absolute Gasteiger partial charge is 0.158 e. The van der Waals surface area contributed by atoms with Gasteiger partial charge in [-0.3, -0.25) is 0 Å². The van der Waals surface area contributed by atoms with Crippen molar-refractivity contribution in [3.05, 3.63) is 12.2 Å². The van der Waals surface area contributed by atoms with E-state index in [1.807, 2.05) is 0 Å². The third-order valence-corrected chi connectivity index (χ3v) is 2.16. The Labute approximate surface area is 74.6 Å². The predicted octanol–water partition coefficient (Wildman–Crippen LogP) is 2.35. The Morgan fingerprint density at radius 2 is 2.42 bits per heavy atom. The van der Waals surface area contributed by atoms with E-state index in [9.17, 15) is 0 Å². The molecule has 1 saturated heterocycles. The van der Waals surface area contributed by atoms with E-state index in [0.29, 0.717) is 12.5 Å². The molecule has 1 fully saturated rings. The highest BCUT2D eigenvalue weighted by molar-refractivity contribution is 4.97. The summed E-state index contributed by atoms with van der Waals surface area (Å²) in [5.41, 5.74) is 1.14. The molecule has 1 heterocycles. The third kappa shape index (κ3) is 2.95. The Bertz CT molecular complexity index is 146. The first-order valence-corrected chi connectivity index (χ1v) is 4.61. The zero-order chi connectivity index (χ0) is 8.97. The van der Waals surface area contributed by atoms with Crippen LogP contribution in [0.2, 0.25) is 0 Å². The number of hydrogen-bond acceptors (Lipinski definition) is 2. The molecule has 0 amide bonds. The first-order valence-electron chi connectivity index (χ1n) is 4.61. The summed E-state index contributed by atoms with van der Waals surface area (Å²) in [6.07, 6.45) is 2.19. The van der Waals surface area contributed by atoms with Gasteiger partial charge in [-0.1, -0.05) is 20.4 Å². The third-order valence-electron chi connectivity index (χ3n) is 2.16. The van der Waals surface area contributed by atoms with Crippen LogP contribution >= 0.6 is 0 Å². The van der Waals surface area contributed by atoms with Crippen molar-refractivity contribution in [2.75, 3.05) is 13.2 Å². The van der Waals surface area contributed by atoms with Crippen molar-refractivity contribution in [3.8, 4) is 0 Å². The highest BCUT2D eigenvalue weighted by atomic mass is 16.7.